The van der Waals surface area contributed by atoms with E-state index in [4.69, 9.17) is 4.74 Å². The van der Waals surface area contributed by atoms with Crippen molar-refractivity contribution < 1.29 is 14.3 Å². The lowest BCUT2D eigenvalue weighted by Gasteiger charge is -2.40. The summed E-state index contributed by atoms with van der Waals surface area (Å²) in [7, 11) is 0. The second-order valence-electron chi connectivity index (χ2n) is 7.77. The third-order valence-electron chi connectivity index (χ3n) is 6.03. The van der Waals surface area contributed by atoms with E-state index in [1.807, 2.05) is 45.0 Å². The van der Waals surface area contributed by atoms with E-state index in [2.05, 4.69) is 22.0 Å². The summed E-state index contributed by atoms with van der Waals surface area (Å²) in [6, 6.07) is 7.20. The highest BCUT2D eigenvalue weighted by atomic mass is 16.5. The maximum absolute atomic E-state index is 13.1. The largest absolute Gasteiger partial charge is 0.463 e. The van der Waals surface area contributed by atoms with Crippen molar-refractivity contribution in [2.75, 3.05) is 52.4 Å². The van der Waals surface area contributed by atoms with E-state index in [1.54, 1.807) is 4.90 Å². The Hall–Kier alpha value is -2.38. The predicted molar refractivity (Wildman–Crippen MR) is 117 cm³/mol. The van der Waals surface area contributed by atoms with Gasteiger partial charge in [0.05, 0.1) is 18.2 Å². The van der Waals surface area contributed by atoms with Gasteiger partial charge >= 0.3 is 12.0 Å². The van der Waals surface area contributed by atoms with Crippen LogP contribution in [0.5, 0.6) is 0 Å². The van der Waals surface area contributed by atoms with Gasteiger partial charge < -0.3 is 15.0 Å². The van der Waals surface area contributed by atoms with Crippen LogP contribution in [0.15, 0.2) is 35.5 Å². The summed E-state index contributed by atoms with van der Waals surface area (Å²) in [5, 5.41) is 3.05. The molecule has 7 nitrogen and oxygen atoms in total. The second-order valence-corrected chi connectivity index (χ2v) is 7.77. The number of benzene rings is 1. The SMILES string of the molecule is CCOC(=O)C1=C(CN2CCN(CC)CC2)N(CC)C(=O)N[C@H]1c1ccccc1C. The number of hydrogen-bond acceptors (Lipinski definition) is 5. The fourth-order valence-corrected chi connectivity index (χ4v) is 4.28. The van der Waals surface area contributed by atoms with Crippen molar-refractivity contribution in [3.05, 3.63) is 46.7 Å². The van der Waals surface area contributed by atoms with Crippen LogP contribution in [-0.4, -0.2) is 79.1 Å². The summed E-state index contributed by atoms with van der Waals surface area (Å²) in [5.41, 5.74) is 3.27. The van der Waals surface area contributed by atoms with Gasteiger partial charge in [0.25, 0.3) is 0 Å². The van der Waals surface area contributed by atoms with Crippen LogP contribution >= 0.6 is 0 Å². The summed E-state index contributed by atoms with van der Waals surface area (Å²) in [6.45, 7) is 14.2. The highest BCUT2D eigenvalue weighted by Gasteiger charge is 2.38. The van der Waals surface area contributed by atoms with Gasteiger partial charge in [-0.3, -0.25) is 9.80 Å². The number of nitrogens with one attached hydrogen (secondary N) is 1. The minimum absolute atomic E-state index is 0.166. The molecule has 0 aromatic heterocycles. The highest BCUT2D eigenvalue weighted by molar-refractivity contribution is 5.95. The summed E-state index contributed by atoms with van der Waals surface area (Å²) in [6.07, 6.45) is 0. The molecule has 2 aliphatic rings. The number of urea groups is 1. The Morgan fingerprint density at radius 3 is 2.33 bits per heavy atom. The zero-order valence-corrected chi connectivity index (χ0v) is 18.6. The van der Waals surface area contributed by atoms with Crippen LogP contribution < -0.4 is 5.32 Å². The zero-order valence-electron chi connectivity index (χ0n) is 18.6. The predicted octanol–water partition coefficient (Wildman–Crippen LogP) is 2.54. The molecule has 2 aliphatic heterocycles. The molecule has 0 bridgehead atoms. The van der Waals surface area contributed by atoms with E-state index in [1.165, 1.54) is 0 Å². The van der Waals surface area contributed by atoms with E-state index >= 15 is 0 Å². The fourth-order valence-electron chi connectivity index (χ4n) is 4.28. The van der Waals surface area contributed by atoms with Crippen LogP contribution in [0.3, 0.4) is 0 Å². The van der Waals surface area contributed by atoms with E-state index in [0.717, 1.165) is 49.5 Å². The lowest BCUT2D eigenvalue weighted by molar-refractivity contribution is -0.139. The monoisotopic (exact) mass is 414 g/mol. The van der Waals surface area contributed by atoms with E-state index < -0.39 is 6.04 Å². The summed E-state index contributed by atoms with van der Waals surface area (Å²) in [5.74, 6) is -0.355. The van der Waals surface area contributed by atoms with Crippen molar-refractivity contribution in [3.63, 3.8) is 0 Å². The molecule has 3 rings (SSSR count). The molecule has 164 valence electrons. The van der Waals surface area contributed by atoms with Gasteiger partial charge in [0.15, 0.2) is 0 Å². The molecule has 0 spiro atoms. The van der Waals surface area contributed by atoms with Crippen LogP contribution in [-0.2, 0) is 9.53 Å². The molecule has 1 aromatic carbocycles. The molecule has 0 aliphatic carbocycles. The summed E-state index contributed by atoms with van der Waals surface area (Å²) in [4.78, 5) is 32.6. The number of rotatable bonds is 7. The highest BCUT2D eigenvalue weighted by Crippen LogP contribution is 2.33. The van der Waals surface area contributed by atoms with Crippen molar-refractivity contribution in [1.82, 2.24) is 20.0 Å². The van der Waals surface area contributed by atoms with Crippen molar-refractivity contribution in [2.45, 2.75) is 33.7 Å². The number of esters is 1. The van der Waals surface area contributed by atoms with Gasteiger partial charge in [-0.25, -0.2) is 9.59 Å². The number of ether oxygens (including phenoxy) is 1. The minimum atomic E-state index is -0.507. The van der Waals surface area contributed by atoms with Crippen LogP contribution in [0.2, 0.25) is 0 Å². The Kier molecular flexibility index (Phi) is 7.50. The molecule has 30 heavy (non-hydrogen) atoms. The molecule has 1 atom stereocenters. The standard InChI is InChI=1S/C23H34N4O3/c1-5-25-12-14-26(15-13-25)16-19-20(22(28)30-7-3)21(24-23(29)27(19)6-2)18-11-9-8-10-17(18)4/h8-11,21H,5-7,12-16H2,1-4H3,(H,24,29)/t21-/m0/s1. The van der Waals surface area contributed by atoms with E-state index in [0.29, 0.717) is 25.3 Å². The van der Waals surface area contributed by atoms with Crippen molar-refractivity contribution >= 4 is 12.0 Å². The smallest absolute Gasteiger partial charge is 0.338 e. The van der Waals surface area contributed by atoms with Crippen LogP contribution in [0.4, 0.5) is 4.79 Å². The first-order valence-corrected chi connectivity index (χ1v) is 11.0. The van der Waals surface area contributed by atoms with Crippen molar-refractivity contribution in [1.29, 1.82) is 0 Å². The first-order chi connectivity index (χ1) is 14.5. The molecule has 0 unspecified atom stereocenters. The van der Waals surface area contributed by atoms with E-state index in [-0.39, 0.29) is 12.0 Å². The zero-order chi connectivity index (χ0) is 21.7. The number of nitrogens with zero attached hydrogens (tertiary/aromatic N) is 3. The third kappa shape index (κ3) is 4.68. The molecular weight excluding hydrogens is 380 g/mol. The maximum atomic E-state index is 13.1. The van der Waals surface area contributed by atoms with Gasteiger partial charge in [0, 0.05) is 45.0 Å². The first-order valence-electron chi connectivity index (χ1n) is 11.0. The number of piperazine rings is 1. The number of carbonyl (C=O) groups is 2. The van der Waals surface area contributed by atoms with Crippen LogP contribution in [0.1, 0.15) is 37.9 Å². The molecule has 0 saturated carbocycles. The normalized spacial score (nSPS) is 21.0. The third-order valence-corrected chi connectivity index (χ3v) is 6.03. The van der Waals surface area contributed by atoms with E-state index in [9.17, 15) is 9.59 Å². The lowest BCUT2D eigenvalue weighted by atomic mass is 9.91. The van der Waals surface area contributed by atoms with Gasteiger partial charge in [-0.05, 0) is 38.4 Å². The van der Waals surface area contributed by atoms with Gasteiger partial charge in [-0.1, -0.05) is 31.2 Å². The Balaban J connectivity index is 2.03. The van der Waals surface area contributed by atoms with Crippen molar-refractivity contribution in [3.8, 4) is 0 Å². The number of amides is 2. The average Bonchev–Trinajstić information content (AvgIpc) is 2.74. The van der Waals surface area contributed by atoms with Gasteiger partial charge in [-0.2, -0.15) is 0 Å². The molecule has 2 heterocycles. The number of aryl methyl sites for hydroxylation is 1. The molecule has 2 amide bonds. The fraction of sp³-hybridized carbons (Fsp3) is 0.565. The summed E-state index contributed by atoms with van der Waals surface area (Å²) >= 11 is 0. The van der Waals surface area contributed by atoms with Crippen molar-refractivity contribution in [2.24, 2.45) is 0 Å². The van der Waals surface area contributed by atoms with Crippen LogP contribution in [0, 0.1) is 6.92 Å². The Labute approximate surface area is 179 Å². The molecule has 7 heteroatoms. The Morgan fingerprint density at radius 1 is 1.07 bits per heavy atom. The Bertz CT molecular complexity index is 799. The van der Waals surface area contributed by atoms with Gasteiger partial charge in [-0.15, -0.1) is 0 Å². The molecule has 1 saturated heterocycles. The molecular formula is C23H34N4O3. The van der Waals surface area contributed by atoms with Crippen LogP contribution in [0.25, 0.3) is 0 Å². The molecule has 1 aromatic rings. The van der Waals surface area contributed by atoms with Gasteiger partial charge in [0.1, 0.15) is 0 Å². The average molecular weight is 415 g/mol. The minimum Gasteiger partial charge on any atom is -0.463 e. The maximum Gasteiger partial charge on any atom is 0.338 e. The number of hydrogen-bond donors (Lipinski definition) is 1. The number of carbonyl (C=O) groups excluding carboxylic acids is 2. The number of likely N-dealkylation sites (N-methyl/N-ethyl adjacent to an activating group) is 2. The first kappa shape index (κ1) is 22.3. The molecule has 1 fully saturated rings. The topological polar surface area (TPSA) is 65.1 Å². The Morgan fingerprint density at radius 2 is 1.73 bits per heavy atom. The lowest BCUT2D eigenvalue weighted by Crippen LogP contribution is -2.53. The molecule has 0 radical (unpaired) electrons. The second kappa shape index (κ2) is 10.1. The summed E-state index contributed by atoms with van der Waals surface area (Å²) < 4.78 is 5.45. The van der Waals surface area contributed by atoms with Gasteiger partial charge in [0.2, 0.25) is 0 Å². The molecule has 1 N–H and O–H groups in total. The quantitative estimate of drug-likeness (QED) is 0.695.